The molecule has 1 saturated heterocycles. The zero-order valence-corrected chi connectivity index (χ0v) is 19.9. The molecule has 1 fully saturated rings. The summed E-state index contributed by atoms with van der Waals surface area (Å²) in [5.74, 6) is 2.05. The van der Waals surface area contributed by atoms with Crippen molar-refractivity contribution >= 4 is 11.8 Å². The van der Waals surface area contributed by atoms with Crippen LogP contribution in [0.3, 0.4) is 0 Å². The highest BCUT2D eigenvalue weighted by molar-refractivity contribution is 5.91. The first-order chi connectivity index (χ1) is 15.6. The Balaban J connectivity index is 1.78. The van der Waals surface area contributed by atoms with Crippen molar-refractivity contribution in [2.45, 2.75) is 71.1 Å². The highest BCUT2D eigenvalue weighted by Crippen LogP contribution is 2.32. The summed E-state index contributed by atoms with van der Waals surface area (Å²) in [4.78, 5) is 28.2. The van der Waals surface area contributed by atoms with Crippen molar-refractivity contribution < 1.29 is 19.2 Å². The van der Waals surface area contributed by atoms with E-state index < -0.39 is 18.1 Å². The fourth-order valence-electron chi connectivity index (χ4n) is 4.20. The van der Waals surface area contributed by atoms with E-state index in [1.54, 1.807) is 0 Å². The number of carbonyl (C=O) groups is 2. The van der Waals surface area contributed by atoms with E-state index in [1.807, 2.05) is 65.0 Å². The van der Waals surface area contributed by atoms with Crippen LogP contribution < -0.4 is 5.32 Å². The van der Waals surface area contributed by atoms with Gasteiger partial charge in [-0.2, -0.15) is 0 Å². The SMILES string of the molecule is C#Cc1ccc([C@H](C)NC(=O)[C@@H]2C[C@@H](O)CN2C(=O)C(c2cc(C(C)C)no2)C(C)C)cc1. The van der Waals surface area contributed by atoms with Crippen molar-refractivity contribution in [2.24, 2.45) is 5.92 Å². The van der Waals surface area contributed by atoms with E-state index in [9.17, 15) is 14.7 Å². The van der Waals surface area contributed by atoms with E-state index in [0.717, 1.165) is 16.8 Å². The minimum atomic E-state index is -0.760. The topological polar surface area (TPSA) is 95.7 Å². The van der Waals surface area contributed by atoms with E-state index in [2.05, 4.69) is 16.4 Å². The molecule has 1 aromatic heterocycles. The van der Waals surface area contributed by atoms with Crippen LogP contribution in [0.5, 0.6) is 0 Å². The van der Waals surface area contributed by atoms with E-state index >= 15 is 0 Å². The van der Waals surface area contributed by atoms with Gasteiger partial charge in [0, 0.05) is 24.6 Å². The van der Waals surface area contributed by atoms with Crippen LogP contribution in [0.25, 0.3) is 0 Å². The van der Waals surface area contributed by atoms with Gasteiger partial charge in [0.2, 0.25) is 11.8 Å². The quantitative estimate of drug-likeness (QED) is 0.630. The lowest BCUT2D eigenvalue weighted by Gasteiger charge is -2.29. The summed E-state index contributed by atoms with van der Waals surface area (Å²) in [6, 6.07) is 8.18. The van der Waals surface area contributed by atoms with Crippen molar-refractivity contribution in [3.63, 3.8) is 0 Å². The Bertz CT molecular complexity index is 1020. The number of aliphatic hydroxyl groups excluding tert-OH is 1. The molecule has 176 valence electrons. The number of likely N-dealkylation sites (tertiary alicyclic amines) is 1. The van der Waals surface area contributed by atoms with Crippen LogP contribution >= 0.6 is 0 Å². The Morgan fingerprint density at radius 3 is 2.42 bits per heavy atom. The Morgan fingerprint density at radius 1 is 1.21 bits per heavy atom. The number of aliphatic hydroxyl groups is 1. The summed E-state index contributed by atoms with van der Waals surface area (Å²) in [5, 5.41) is 17.4. The first-order valence-corrected chi connectivity index (χ1v) is 11.4. The standard InChI is InChI=1S/C26H33N3O4/c1-7-18-8-10-19(11-9-18)17(6)27-25(31)22-12-20(30)14-29(22)26(32)24(16(4)5)23-13-21(15(2)3)28-33-23/h1,8-11,13,15-17,20,22,24,30H,12,14H2,2-6H3,(H,27,31)/t17-,20+,22-,24?/m0/s1. The predicted molar refractivity (Wildman–Crippen MR) is 125 cm³/mol. The molecule has 7 heteroatoms. The summed E-state index contributed by atoms with van der Waals surface area (Å²) in [7, 11) is 0. The third kappa shape index (κ3) is 5.45. The van der Waals surface area contributed by atoms with Gasteiger partial charge in [0.25, 0.3) is 0 Å². The van der Waals surface area contributed by atoms with Crippen LogP contribution in [0.4, 0.5) is 0 Å². The van der Waals surface area contributed by atoms with Crippen LogP contribution in [-0.2, 0) is 9.59 Å². The molecule has 2 aromatic rings. The van der Waals surface area contributed by atoms with Crippen LogP contribution in [-0.4, -0.2) is 45.7 Å². The average molecular weight is 452 g/mol. The molecule has 0 spiro atoms. The maximum Gasteiger partial charge on any atom is 0.243 e. The number of nitrogens with one attached hydrogen (secondary N) is 1. The number of amides is 2. The molecule has 0 aliphatic carbocycles. The van der Waals surface area contributed by atoms with Crippen molar-refractivity contribution in [2.75, 3.05) is 6.54 Å². The molecule has 1 aromatic carbocycles. The second kappa shape index (κ2) is 10.2. The number of β-amino-alcohol motifs (C(OH)–C–C–N with tert-alkyl or cyclic N) is 1. The molecule has 1 unspecified atom stereocenters. The monoisotopic (exact) mass is 451 g/mol. The van der Waals surface area contributed by atoms with Gasteiger partial charge in [-0.05, 0) is 36.5 Å². The van der Waals surface area contributed by atoms with E-state index in [1.165, 1.54) is 4.90 Å². The van der Waals surface area contributed by atoms with Crippen molar-refractivity contribution in [1.82, 2.24) is 15.4 Å². The van der Waals surface area contributed by atoms with E-state index in [0.29, 0.717) is 5.76 Å². The van der Waals surface area contributed by atoms with Crippen LogP contribution in [0.1, 0.15) is 81.5 Å². The minimum Gasteiger partial charge on any atom is -0.391 e. The van der Waals surface area contributed by atoms with Crippen LogP contribution in [0, 0.1) is 18.3 Å². The Labute approximate surface area is 195 Å². The number of nitrogens with zero attached hydrogens (tertiary/aromatic N) is 2. The largest absolute Gasteiger partial charge is 0.391 e. The molecule has 2 amide bonds. The lowest BCUT2D eigenvalue weighted by atomic mass is 9.90. The van der Waals surface area contributed by atoms with E-state index in [-0.39, 0.29) is 42.7 Å². The van der Waals surface area contributed by atoms with Crippen molar-refractivity contribution in [3.8, 4) is 12.3 Å². The fourth-order valence-corrected chi connectivity index (χ4v) is 4.20. The third-order valence-electron chi connectivity index (χ3n) is 6.18. The second-order valence-electron chi connectivity index (χ2n) is 9.42. The Hall–Kier alpha value is -3.11. The molecule has 7 nitrogen and oxygen atoms in total. The summed E-state index contributed by atoms with van der Waals surface area (Å²) >= 11 is 0. The summed E-state index contributed by atoms with van der Waals surface area (Å²) in [5.41, 5.74) is 2.45. The molecule has 0 saturated carbocycles. The zero-order valence-electron chi connectivity index (χ0n) is 19.9. The summed E-state index contributed by atoms with van der Waals surface area (Å²) in [6.07, 6.45) is 4.84. The average Bonchev–Trinajstić information content (AvgIpc) is 3.41. The highest BCUT2D eigenvalue weighted by Gasteiger charge is 2.43. The number of hydrogen-bond donors (Lipinski definition) is 2. The zero-order chi connectivity index (χ0) is 24.3. The number of benzene rings is 1. The first-order valence-electron chi connectivity index (χ1n) is 11.4. The van der Waals surface area contributed by atoms with Crippen LogP contribution in [0.2, 0.25) is 0 Å². The van der Waals surface area contributed by atoms with Gasteiger partial charge in [-0.1, -0.05) is 50.9 Å². The van der Waals surface area contributed by atoms with Gasteiger partial charge < -0.3 is 19.8 Å². The van der Waals surface area contributed by atoms with Gasteiger partial charge in [0.05, 0.1) is 17.8 Å². The van der Waals surface area contributed by atoms with E-state index in [4.69, 9.17) is 10.9 Å². The molecule has 4 atom stereocenters. The highest BCUT2D eigenvalue weighted by atomic mass is 16.5. The molecular formula is C26H33N3O4. The van der Waals surface area contributed by atoms with Gasteiger partial charge >= 0.3 is 0 Å². The Kier molecular flexibility index (Phi) is 7.60. The fraction of sp³-hybridized carbons (Fsp3) is 0.500. The number of hydrogen-bond acceptors (Lipinski definition) is 5. The smallest absolute Gasteiger partial charge is 0.243 e. The van der Waals surface area contributed by atoms with Gasteiger partial charge in [-0.25, -0.2) is 0 Å². The van der Waals surface area contributed by atoms with Crippen molar-refractivity contribution in [1.29, 1.82) is 0 Å². The molecule has 2 heterocycles. The van der Waals surface area contributed by atoms with Gasteiger partial charge in [0.15, 0.2) is 0 Å². The molecule has 2 N–H and O–H groups in total. The first kappa shape index (κ1) is 24.5. The molecular weight excluding hydrogens is 418 g/mol. The number of carbonyl (C=O) groups excluding carboxylic acids is 2. The van der Waals surface area contributed by atoms with Gasteiger partial charge in [0.1, 0.15) is 17.7 Å². The minimum absolute atomic E-state index is 0.0690. The van der Waals surface area contributed by atoms with Crippen molar-refractivity contribution in [3.05, 3.63) is 52.9 Å². The summed E-state index contributed by atoms with van der Waals surface area (Å²) in [6.45, 7) is 9.86. The molecule has 33 heavy (non-hydrogen) atoms. The molecule has 1 aliphatic rings. The lowest BCUT2D eigenvalue weighted by Crippen LogP contribution is -2.48. The molecule has 1 aliphatic heterocycles. The van der Waals surface area contributed by atoms with Crippen LogP contribution in [0.15, 0.2) is 34.9 Å². The number of aromatic nitrogens is 1. The molecule has 0 radical (unpaired) electrons. The Morgan fingerprint density at radius 2 is 1.88 bits per heavy atom. The normalized spacial score (nSPS) is 20.0. The number of terminal acetylenes is 1. The second-order valence-corrected chi connectivity index (χ2v) is 9.42. The maximum atomic E-state index is 13.6. The third-order valence-corrected chi connectivity index (χ3v) is 6.18. The molecule has 3 rings (SSSR count). The maximum absolute atomic E-state index is 13.6. The lowest BCUT2D eigenvalue weighted by molar-refractivity contribution is -0.141. The predicted octanol–water partition coefficient (Wildman–Crippen LogP) is 3.36. The molecule has 0 bridgehead atoms. The van der Waals surface area contributed by atoms with Gasteiger partial charge in [-0.3, -0.25) is 9.59 Å². The summed E-state index contributed by atoms with van der Waals surface area (Å²) < 4.78 is 5.52. The van der Waals surface area contributed by atoms with Gasteiger partial charge in [-0.15, -0.1) is 6.42 Å². The number of rotatable bonds is 7.